The monoisotopic (exact) mass is 393 g/mol. The van der Waals surface area contributed by atoms with Gasteiger partial charge in [-0.05, 0) is 24.3 Å². The smallest absolute Gasteiger partial charge is 0.243 e. The van der Waals surface area contributed by atoms with E-state index < -0.39 is 0 Å². The van der Waals surface area contributed by atoms with Gasteiger partial charge in [0.2, 0.25) is 18.3 Å². The van der Waals surface area contributed by atoms with Gasteiger partial charge >= 0.3 is 0 Å². The average molecular weight is 393 g/mol. The molecule has 0 saturated carbocycles. The number of nitrogens with two attached hydrogens (primary N) is 1. The Morgan fingerprint density at radius 3 is 2.86 bits per heavy atom. The van der Waals surface area contributed by atoms with Crippen molar-refractivity contribution in [3.8, 4) is 17.2 Å². The maximum Gasteiger partial charge on any atom is 0.243 e. The summed E-state index contributed by atoms with van der Waals surface area (Å²) in [6.45, 7) is 7.65. The standard InChI is InChI=1S/C20H15N3O4S/c1-22-17-16(21)19(18(24)11-4-3-5-13(8-11)25-2)28-20(17)23-12-6-7-14-15(9-12)27-10-26-14/h3-9,23H,10,21H2,2H3. The molecular weight excluding hydrogens is 378 g/mol. The van der Waals surface area contributed by atoms with E-state index in [1.807, 2.05) is 0 Å². The molecule has 0 fully saturated rings. The maximum atomic E-state index is 12.9. The third-order valence-corrected chi connectivity index (χ3v) is 5.31. The van der Waals surface area contributed by atoms with Crippen LogP contribution in [0.2, 0.25) is 0 Å². The van der Waals surface area contributed by atoms with E-state index in [-0.39, 0.29) is 24.0 Å². The zero-order chi connectivity index (χ0) is 19.7. The normalized spacial score (nSPS) is 11.7. The van der Waals surface area contributed by atoms with Crippen LogP contribution >= 0.6 is 11.3 Å². The van der Waals surface area contributed by atoms with E-state index in [2.05, 4.69) is 10.2 Å². The molecule has 2 aromatic carbocycles. The minimum atomic E-state index is -0.259. The molecule has 0 amide bonds. The molecule has 1 aliphatic heterocycles. The van der Waals surface area contributed by atoms with Crippen LogP contribution in [0.15, 0.2) is 42.5 Å². The number of benzene rings is 2. The van der Waals surface area contributed by atoms with Crippen molar-refractivity contribution in [1.82, 2.24) is 0 Å². The summed E-state index contributed by atoms with van der Waals surface area (Å²) in [4.78, 5) is 16.7. The number of carbonyl (C=O) groups is 1. The lowest BCUT2D eigenvalue weighted by molar-refractivity contribution is 0.104. The second kappa shape index (κ2) is 7.13. The first-order valence-electron chi connectivity index (χ1n) is 8.26. The minimum Gasteiger partial charge on any atom is -0.497 e. The van der Waals surface area contributed by atoms with Crippen molar-refractivity contribution in [1.29, 1.82) is 0 Å². The van der Waals surface area contributed by atoms with Gasteiger partial charge in [-0.1, -0.05) is 12.1 Å². The van der Waals surface area contributed by atoms with E-state index in [0.29, 0.717) is 38.4 Å². The number of ether oxygens (including phenoxy) is 3. The van der Waals surface area contributed by atoms with Gasteiger partial charge in [0.25, 0.3) is 0 Å². The number of hydrogen-bond acceptors (Lipinski definition) is 7. The molecule has 3 N–H and O–H groups in total. The number of nitrogens with one attached hydrogen (secondary N) is 1. The summed E-state index contributed by atoms with van der Waals surface area (Å²) in [6.07, 6.45) is 0. The van der Waals surface area contributed by atoms with Crippen molar-refractivity contribution in [3.05, 3.63) is 64.3 Å². The molecule has 4 rings (SSSR count). The van der Waals surface area contributed by atoms with Crippen LogP contribution in [0.1, 0.15) is 15.2 Å². The van der Waals surface area contributed by atoms with Crippen molar-refractivity contribution in [2.75, 3.05) is 25.0 Å². The lowest BCUT2D eigenvalue weighted by Gasteiger charge is -2.05. The molecule has 28 heavy (non-hydrogen) atoms. The number of nitrogens with zero attached hydrogens (tertiary/aromatic N) is 1. The van der Waals surface area contributed by atoms with Crippen LogP contribution in [0.4, 0.5) is 22.1 Å². The fourth-order valence-corrected chi connectivity index (χ4v) is 3.84. The highest BCUT2D eigenvalue weighted by atomic mass is 32.1. The number of rotatable bonds is 5. The van der Waals surface area contributed by atoms with E-state index in [0.717, 1.165) is 11.3 Å². The van der Waals surface area contributed by atoms with E-state index in [4.69, 9.17) is 26.5 Å². The number of thiophene rings is 1. The molecule has 140 valence electrons. The van der Waals surface area contributed by atoms with Crippen LogP contribution in [0.25, 0.3) is 4.85 Å². The second-order valence-electron chi connectivity index (χ2n) is 5.89. The van der Waals surface area contributed by atoms with Crippen molar-refractivity contribution in [2.45, 2.75) is 0 Å². The lowest BCUT2D eigenvalue weighted by Crippen LogP contribution is -2.02. The van der Waals surface area contributed by atoms with E-state index in [9.17, 15) is 4.79 Å². The number of fused-ring (bicyclic) bond motifs is 1. The number of methoxy groups -OCH3 is 1. The summed E-state index contributed by atoms with van der Waals surface area (Å²) in [7, 11) is 1.54. The summed E-state index contributed by atoms with van der Waals surface area (Å²) >= 11 is 1.14. The molecule has 3 aromatic rings. The van der Waals surface area contributed by atoms with Crippen LogP contribution in [-0.4, -0.2) is 19.7 Å². The molecule has 7 nitrogen and oxygen atoms in total. The Hall–Kier alpha value is -3.70. The predicted molar refractivity (Wildman–Crippen MR) is 107 cm³/mol. The van der Waals surface area contributed by atoms with Crippen LogP contribution in [0.3, 0.4) is 0 Å². The molecule has 0 saturated heterocycles. The Bertz CT molecular complexity index is 1120. The molecule has 0 spiro atoms. The van der Waals surface area contributed by atoms with Gasteiger partial charge in [-0.15, -0.1) is 11.3 Å². The zero-order valence-electron chi connectivity index (χ0n) is 14.8. The van der Waals surface area contributed by atoms with Gasteiger partial charge in [0.15, 0.2) is 11.5 Å². The Kier molecular flexibility index (Phi) is 4.51. The van der Waals surface area contributed by atoms with Crippen molar-refractivity contribution in [3.63, 3.8) is 0 Å². The third kappa shape index (κ3) is 3.08. The first-order valence-corrected chi connectivity index (χ1v) is 9.07. The molecule has 2 heterocycles. The lowest BCUT2D eigenvalue weighted by atomic mass is 10.1. The molecule has 0 atom stereocenters. The van der Waals surface area contributed by atoms with E-state index in [1.165, 1.54) is 7.11 Å². The summed E-state index contributed by atoms with van der Waals surface area (Å²) in [5.74, 6) is 1.59. The van der Waals surface area contributed by atoms with Crippen molar-refractivity contribution in [2.24, 2.45) is 0 Å². The fraction of sp³-hybridized carbons (Fsp3) is 0.100. The quantitative estimate of drug-likeness (QED) is 0.487. The maximum absolute atomic E-state index is 12.9. The van der Waals surface area contributed by atoms with Crippen molar-refractivity contribution >= 4 is 39.2 Å². The molecule has 0 aliphatic carbocycles. The van der Waals surface area contributed by atoms with Crippen molar-refractivity contribution < 1.29 is 19.0 Å². The Morgan fingerprint density at radius 1 is 1.25 bits per heavy atom. The van der Waals surface area contributed by atoms with Gasteiger partial charge in [0, 0.05) is 17.3 Å². The van der Waals surface area contributed by atoms with Gasteiger partial charge < -0.3 is 25.3 Å². The highest BCUT2D eigenvalue weighted by Crippen LogP contribution is 2.46. The molecule has 0 radical (unpaired) electrons. The number of ketones is 1. The van der Waals surface area contributed by atoms with E-state index in [1.54, 1.807) is 42.5 Å². The Labute approximate surface area is 165 Å². The summed E-state index contributed by atoms with van der Waals surface area (Å²) in [5, 5.41) is 3.65. The molecule has 8 heteroatoms. The number of nitrogen functional groups attached to an aromatic ring is 1. The Morgan fingerprint density at radius 2 is 2.07 bits per heavy atom. The molecular formula is C20H15N3O4S. The SMILES string of the molecule is [C-]#[N+]c1c(Nc2ccc3c(c2)OCO3)sc(C(=O)c2cccc(OC)c2)c1N. The summed E-state index contributed by atoms with van der Waals surface area (Å²) in [6, 6.07) is 12.2. The van der Waals surface area contributed by atoms with Crippen LogP contribution in [-0.2, 0) is 0 Å². The first-order chi connectivity index (χ1) is 13.6. The van der Waals surface area contributed by atoms with Gasteiger partial charge in [-0.25, -0.2) is 4.85 Å². The van der Waals surface area contributed by atoms with Crippen LogP contribution < -0.4 is 25.3 Å². The molecule has 1 aromatic heterocycles. The average Bonchev–Trinajstić information content (AvgIpc) is 3.31. The topological polar surface area (TPSA) is 87.2 Å². The highest BCUT2D eigenvalue weighted by Gasteiger charge is 2.23. The second-order valence-corrected chi connectivity index (χ2v) is 6.91. The van der Waals surface area contributed by atoms with Crippen LogP contribution in [0, 0.1) is 6.57 Å². The summed E-state index contributed by atoms with van der Waals surface area (Å²) < 4.78 is 15.8. The first kappa shape index (κ1) is 17.7. The summed E-state index contributed by atoms with van der Waals surface area (Å²) in [5.41, 5.74) is 7.65. The zero-order valence-corrected chi connectivity index (χ0v) is 15.6. The number of hydrogen-bond donors (Lipinski definition) is 2. The predicted octanol–water partition coefficient (Wildman–Crippen LogP) is 4.59. The highest BCUT2D eigenvalue weighted by molar-refractivity contribution is 7.19. The molecule has 0 unspecified atom stereocenters. The third-order valence-electron chi connectivity index (χ3n) is 4.20. The molecule has 0 bridgehead atoms. The van der Waals surface area contributed by atoms with Gasteiger partial charge in [0.05, 0.1) is 24.2 Å². The minimum absolute atomic E-state index is 0.163. The van der Waals surface area contributed by atoms with Gasteiger partial charge in [0.1, 0.15) is 10.8 Å². The van der Waals surface area contributed by atoms with Gasteiger partial charge in [-0.2, -0.15) is 0 Å². The number of carbonyl (C=O) groups excluding carboxylic acids is 1. The molecule has 1 aliphatic rings. The largest absolute Gasteiger partial charge is 0.497 e. The van der Waals surface area contributed by atoms with E-state index >= 15 is 0 Å². The Balaban J connectivity index is 1.68. The fourth-order valence-electron chi connectivity index (χ4n) is 2.80. The van der Waals surface area contributed by atoms with Crippen LogP contribution in [0.5, 0.6) is 17.2 Å². The number of anilines is 3. The van der Waals surface area contributed by atoms with Gasteiger partial charge in [-0.3, -0.25) is 4.79 Å².